The maximum Gasteiger partial charge on any atom is 0.106 e. The Kier molecular flexibility index (Phi) is 4.28. The van der Waals surface area contributed by atoms with Crippen LogP contribution in [0.4, 0.5) is 0 Å². The molecule has 0 radical (unpaired) electrons. The Morgan fingerprint density at radius 2 is 2.14 bits per heavy atom. The summed E-state index contributed by atoms with van der Waals surface area (Å²) < 4.78 is 0. The number of pyridine rings is 1. The molecule has 0 aliphatic heterocycles. The quantitative estimate of drug-likeness (QED) is 0.684. The summed E-state index contributed by atoms with van der Waals surface area (Å²) in [4.78, 5) is 3.81. The predicted octanol–water partition coefficient (Wildman–Crippen LogP) is 0.478. The highest BCUT2D eigenvalue weighted by Crippen LogP contribution is 2.20. The third kappa shape index (κ3) is 2.92. The van der Waals surface area contributed by atoms with E-state index >= 15 is 0 Å². The van der Waals surface area contributed by atoms with Crippen molar-refractivity contribution in [1.29, 1.82) is 0 Å². The Morgan fingerprint density at radius 1 is 1.43 bits per heavy atom. The summed E-state index contributed by atoms with van der Waals surface area (Å²) in [6.07, 6.45) is 1.42. The van der Waals surface area contributed by atoms with Gasteiger partial charge in [-0.25, -0.2) is 0 Å². The number of rotatable bonds is 4. The van der Waals surface area contributed by atoms with E-state index in [-0.39, 0.29) is 0 Å². The molecular formula is C9H13ClN2O2. The molecule has 1 aromatic heterocycles. The third-order valence-electron chi connectivity index (χ3n) is 1.89. The van der Waals surface area contributed by atoms with Gasteiger partial charge >= 0.3 is 0 Å². The van der Waals surface area contributed by atoms with Crippen molar-refractivity contribution < 1.29 is 10.2 Å². The van der Waals surface area contributed by atoms with Gasteiger partial charge in [-0.05, 0) is 19.0 Å². The highest BCUT2D eigenvalue weighted by atomic mass is 35.5. The lowest BCUT2D eigenvalue weighted by Crippen LogP contribution is -2.21. The van der Waals surface area contributed by atoms with Gasteiger partial charge in [0.05, 0.1) is 11.1 Å². The summed E-state index contributed by atoms with van der Waals surface area (Å²) in [5, 5.41) is 19.5. The molecule has 1 heterocycles. The summed E-state index contributed by atoms with van der Waals surface area (Å²) in [5.41, 5.74) is 5.76. The van der Waals surface area contributed by atoms with Crippen LogP contribution in [0.15, 0.2) is 18.5 Å². The van der Waals surface area contributed by atoms with Gasteiger partial charge in [-0.3, -0.25) is 4.98 Å². The number of aliphatic hydroxyl groups is 2. The summed E-state index contributed by atoms with van der Waals surface area (Å²) in [5.74, 6) is 0. The van der Waals surface area contributed by atoms with Gasteiger partial charge in [-0.1, -0.05) is 11.6 Å². The Morgan fingerprint density at radius 3 is 2.71 bits per heavy atom. The first-order chi connectivity index (χ1) is 6.65. The smallest absolute Gasteiger partial charge is 0.106 e. The SMILES string of the molecule is NCCC(O)C(O)c1cncc(Cl)c1. The molecule has 0 spiro atoms. The van der Waals surface area contributed by atoms with Crippen molar-refractivity contribution >= 4 is 11.6 Å². The summed E-state index contributed by atoms with van der Waals surface area (Å²) in [7, 11) is 0. The highest BCUT2D eigenvalue weighted by molar-refractivity contribution is 6.30. The van der Waals surface area contributed by atoms with E-state index in [2.05, 4.69) is 4.98 Å². The fourth-order valence-electron chi connectivity index (χ4n) is 1.14. The molecule has 0 aliphatic carbocycles. The summed E-state index contributed by atoms with van der Waals surface area (Å²) in [6, 6.07) is 1.57. The lowest BCUT2D eigenvalue weighted by atomic mass is 10.0. The van der Waals surface area contributed by atoms with Crippen LogP contribution in [0, 0.1) is 0 Å². The second-order valence-corrected chi connectivity index (χ2v) is 3.46. The van der Waals surface area contributed by atoms with Crippen LogP contribution in [0.2, 0.25) is 5.02 Å². The van der Waals surface area contributed by atoms with Gasteiger partial charge in [0, 0.05) is 18.0 Å². The number of nitrogens with two attached hydrogens (primary N) is 1. The largest absolute Gasteiger partial charge is 0.390 e. The van der Waals surface area contributed by atoms with E-state index in [0.29, 0.717) is 23.6 Å². The van der Waals surface area contributed by atoms with E-state index < -0.39 is 12.2 Å². The predicted molar refractivity (Wildman–Crippen MR) is 53.9 cm³/mol. The number of aliphatic hydroxyl groups excluding tert-OH is 2. The number of aromatic nitrogens is 1. The average molecular weight is 217 g/mol. The first-order valence-corrected chi connectivity index (χ1v) is 4.69. The van der Waals surface area contributed by atoms with Crippen molar-refractivity contribution in [1.82, 2.24) is 4.98 Å². The number of nitrogens with zero attached hydrogens (tertiary/aromatic N) is 1. The molecule has 0 amide bonds. The molecule has 5 heteroatoms. The molecule has 14 heavy (non-hydrogen) atoms. The maximum atomic E-state index is 9.64. The van der Waals surface area contributed by atoms with Crippen LogP contribution in [0.25, 0.3) is 0 Å². The highest BCUT2D eigenvalue weighted by Gasteiger charge is 2.17. The van der Waals surface area contributed by atoms with Gasteiger partial charge < -0.3 is 15.9 Å². The first kappa shape index (κ1) is 11.4. The molecule has 2 unspecified atom stereocenters. The molecule has 4 N–H and O–H groups in total. The minimum absolute atomic E-state index is 0.326. The van der Waals surface area contributed by atoms with Gasteiger partial charge in [-0.15, -0.1) is 0 Å². The molecular weight excluding hydrogens is 204 g/mol. The molecule has 0 saturated carbocycles. The zero-order valence-electron chi connectivity index (χ0n) is 7.60. The van der Waals surface area contributed by atoms with E-state index in [9.17, 15) is 10.2 Å². The second kappa shape index (κ2) is 5.26. The van der Waals surface area contributed by atoms with Gasteiger partial charge in [0.15, 0.2) is 0 Å². The fraction of sp³-hybridized carbons (Fsp3) is 0.444. The zero-order chi connectivity index (χ0) is 10.6. The molecule has 0 fully saturated rings. The monoisotopic (exact) mass is 216 g/mol. The molecule has 4 nitrogen and oxygen atoms in total. The Labute approximate surface area is 87.3 Å². The van der Waals surface area contributed by atoms with Gasteiger partial charge in [-0.2, -0.15) is 0 Å². The van der Waals surface area contributed by atoms with Crippen molar-refractivity contribution in [2.24, 2.45) is 5.73 Å². The van der Waals surface area contributed by atoms with Crippen LogP contribution in [0.3, 0.4) is 0 Å². The van der Waals surface area contributed by atoms with Crippen molar-refractivity contribution in [3.05, 3.63) is 29.0 Å². The van der Waals surface area contributed by atoms with Gasteiger partial charge in [0.1, 0.15) is 6.10 Å². The third-order valence-corrected chi connectivity index (χ3v) is 2.10. The molecule has 0 saturated heterocycles. The molecule has 1 rings (SSSR count). The van der Waals surface area contributed by atoms with Crippen LogP contribution in [-0.2, 0) is 0 Å². The molecule has 0 aliphatic rings. The van der Waals surface area contributed by atoms with Crippen LogP contribution >= 0.6 is 11.6 Å². The molecule has 2 atom stereocenters. The van der Waals surface area contributed by atoms with Gasteiger partial charge in [0.2, 0.25) is 0 Å². The van der Waals surface area contributed by atoms with E-state index in [4.69, 9.17) is 17.3 Å². The van der Waals surface area contributed by atoms with E-state index in [1.807, 2.05) is 0 Å². The first-order valence-electron chi connectivity index (χ1n) is 4.31. The fourth-order valence-corrected chi connectivity index (χ4v) is 1.32. The second-order valence-electron chi connectivity index (χ2n) is 3.03. The minimum atomic E-state index is -0.982. The summed E-state index contributed by atoms with van der Waals surface area (Å²) >= 11 is 5.69. The standard InChI is InChI=1S/C9H13ClN2O2/c10-7-3-6(4-12-5-7)9(14)8(13)1-2-11/h3-5,8-9,13-14H,1-2,11H2. The van der Waals surface area contributed by atoms with Crippen LogP contribution < -0.4 is 5.73 Å². The van der Waals surface area contributed by atoms with Crippen LogP contribution in [-0.4, -0.2) is 27.8 Å². The molecule has 0 aromatic carbocycles. The Balaban J connectivity index is 2.73. The number of halogens is 1. The van der Waals surface area contributed by atoms with Crippen molar-refractivity contribution in [2.75, 3.05) is 6.54 Å². The normalized spacial score (nSPS) is 15.1. The minimum Gasteiger partial charge on any atom is -0.390 e. The lowest BCUT2D eigenvalue weighted by molar-refractivity contribution is 0.0148. The van der Waals surface area contributed by atoms with Crippen LogP contribution in [0.1, 0.15) is 18.1 Å². The molecule has 1 aromatic rings. The van der Waals surface area contributed by atoms with E-state index in [0.717, 1.165) is 0 Å². The van der Waals surface area contributed by atoms with Crippen molar-refractivity contribution in [3.8, 4) is 0 Å². The molecule has 78 valence electrons. The average Bonchev–Trinajstić information content (AvgIpc) is 2.17. The van der Waals surface area contributed by atoms with Crippen LogP contribution in [0.5, 0.6) is 0 Å². The van der Waals surface area contributed by atoms with Crippen molar-refractivity contribution in [2.45, 2.75) is 18.6 Å². The number of hydrogen-bond donors (Lipinski definition) is 3. The van der Waals surface area contributed by atoms with Crippen molar-refractivity contribution in [3.63, 3.8) is 0 Å². The Hall–Kier alpha value is -0.680. The van der Waals surface area contributed by atoms with E-state index in [1.54, 1.807) is 6.07 Å². The van der Waals surface area contributed by atoms with E-state index in [1.165, 1.54) is 12.4 Å². The molecule has 0 bridgehead atoms. The Bertz CT molecular complexity index is 296. The topological polar surface area (TPSA) is 79.4 Å². The number of hydrogen-bond acceptors (Lipinski definition) is 4. The lowest BCUT2D eigenvalue weighted by Gasteiger charge is -2.16. The summed E-state index contributed by atoms with van der Waals surface area (Å²) in [6.45, 7) is 0.326. The zero-order valence-corrected chi connectivity index (χ0v) is 8.35. The van der Waals surface area contributed by atoms with Gasteiger partial charge in [0.25, 0.3) is 0 Å². The maximum absolute atomic E-state index is 9.64.